The number of aryl methyl sites for hydroxylation is 1. The summed E-state index contributed by atoms with van der Waals surface area (Å²) in [6.45, 7) is 6.44. The molecule has 0 saturated carbocycles. The third-order valence-corrected chi connectivity index (χ3v) is 3.84. The topological polar surface area (TPSA) is 12.0 Å². The van der Waals surface area contributed by atoms with E-state index in [0.717, 1.165) is 12.0 Å². The fourth-order valence-corrected chi connectivity index (χ4v) is 2.77. The molecule has 0 spiro atoms. The third kappa shape index (κ3) is 4.68. The number of hydrogen-bond acceptors (Lipinski definition) is 1. The van der Waals surface area contributed by atoms with Crippen LogP contribution in [0.2, 0.25) is 0 Å². The third-order valence-electron chi connectivity index (χ3n) is 3.84. The van der Waals surface area contributed by atoms with Crippen molar-refractivity contribution < 1.29 is 4.39 Å². The number of benzene rings is 2. The minimum atomic E-state index is -0.113. The van der Waals surface area contributed by atoms with Crippen molar-refractivity contribution in [3.8, 4) is 0 Å². The van der Waals surface area contributed by atoms with Crippen LogP contribution in [0, 0.1) is 12.7 Å². The average molecular weight is 285 g/mol. The molecule has 1 N–H and O–H groups in total. The van der Waals surface area contributed by atoms with Gasteiger partial charge in [0.1, 0.15) is 5.82 Å². The fraction of sp³-hybridized carbons (Fsp3) is 0.368. The summed E-state index contributed by atoms with van der Waals surface area (Å²) >= 11 is 0. The maximum absolute atomic E-state index is 13.7. The van der Waals surface area contributed by atoms with Crippen LogP contribution in [0.5, 0.6) is 0 Å². The molecule has 112 valence electrons. The molecule has 1 nitrogen and oxygen atoms in total. The van der Waals surface area contributed by atoms with E-state index in [0.29, 0.717) is 12.5 Å². The lowest BCUT2D eigenvalue weighted by Crippen LogP contribution is -2.37. The number of halogens is 1. The molecule has 0 aliphatic rings. The van der Waals surface area contributed by atoms with Crippen molar-refractivity contribution in [2.24, 2.45) is 0 Å². The predicted molar refractivity (Wildman–Crippen MR) is 87.0 cm³/mol. The Morgan fingerprint density at radius 1 is 0.857 bits per heavy atom. The van der Waals surface area contributed by atoms with Crippen LogP contribution in [0.15, 0.2) is 48.5 Å². The second-order valence-corrected chi connectivity index (χ2v) is 5.89. The Labute approximate surface area is 127 Å². The lowest BCUT2D eigenvalue weighted by molar-refractivity contribution is 0.455. The molecule has 2 aromatic carbocycles. The number of nitrogens with one attached hydrogen (secondary N) is 1. The van der Waals surface area contributed by atoms with Gasteiger partial charge in [-0.1, -0.05) is 42.5 Å². The number of hydrogen-bond donors (Lipinski definition) is 1. The molecule has 0 amide bonds. The second-order valence-electron chi connectivity index (χ2n) is 5.89. The van der Waals surface area contributed by atoms with E-state index in [9.17, 15) is 4.39 Å². The standard InChI is InChI=1S/C19H24FN/c1-14-8-4-5-9-17(14)12-15(2)21-16(3)13-18-10-6-7-11-19(18)20/h4-11,15-16,21H,12-13H2,1-3H3. The van der Waals surface area contributed by atoms with Crippen LogP contribution in [0.1, 0.15) is 30.5 Å². The SMILES string of the molecule is Cc1ccccc1CC(C)NC(C)Cc1ccccc1F. The molecule has 0 fully saturated rings. The second kappa shape index (κ2) is 7.37. The van der Waals surface area contributed by atoms with Gasteiger partial charge in [0.15, 0.2) is 0 Å². The van der Waals surface area contributed by atoms with E-state index in [1.807, 2.05) is 12.1 Å². The molecule has 2 heteroatoms. The molecule has 0 aliphatic heterocycles. The van der Waals surface area contributed by atoms with Gasteiger partial charge in [0, 0.05) is 12.1 Å². The zero-order valence-corrected chi connectivity index (χ0v) is 13.1. The van der Waals surface area contributed by atoms with Gasteiger partial charge in [0.2, 0.25) is 0 Å². The first-order valence-corrected chi connectivity index (χ1v) is 7.60. The maximum atomic E-state index is 13.7. The zero-order chi connectivity index (χ0) is 15.2. The molecular weight excluding hydrogens is 261 g/mol. The van der Waals surface area contributed by atoms with Gasteiger partial charge in [-0.05, 0) is 56.4 Å². The Balaban J connectivity index is 1.89. The van der Waals surface area contributed by atoms with E-state index in [1.165, 1.54) is 17.2 Å². The molecule has 2 unspecified atom stereocenters. The van der Waals surface area contributed by atoms with Crippen molar-refractivity contribution in [2.75, 3.05) is 0 Å². The van der Waals surface area contributed by atoms with Crippen molar-refractivity contribution in [1.82, 2.24) is 5.32 Å². The van der Waals surface area contributed by atoms with Gasteiger partial charge in [0.05, 0.1) is 0 Å². The molecule has 21 heavy (non-hydrogen) atoms. The molecule has 0 aromatic heterocycles. The number of rotatable bonds is 6. The molecule has 0 radical (unpaired) electrons. The zero-order valence-electron chi connectivity index (χ0n) is 13.1. The van der Waals surface area contributed by atoms with Crippen molar-refractivity contribution in [3.05, 3.63) is 71.0 Å². The first kappa shape index (κ1) is 15.7. The Bertz CT molecular complexity index is 528. The molecule has 2 aromatic rings. The lowest BCUT2D eigenvalue weighted by Gasteiger charge is -2.21. The summed E-state index contributed by atoms with van der Waals surface area (Å²) in [5.41, 5.74) is 3.48. The van der Waals surface area contributed by atoms with Gasteiger partial charge in [-0.3, -0.25) is 0 Å². The van der Waals surface area contributed by atoms with Crippen LogP contribution >= 0.6 is 0 Å². The molecule has 2 rings (SSSR count). The normalized spacial score (nSPS) is 13.9. The first-order valence-electron chi connectivity index (χ1n) is 7.60. The van der Waals surface area contributed by atoms with E-state index in [2.05, 4.69) is 50.4 Å². The Hall–Kier alpha value is -1.67. The first-order chi connectivity index (χ1) is 10.1. The van der Waals surface area contributed by atoms with E-state index in [1.54, 1.807) is 6.07 Å². The quantitative estimate of drug-likeness (QED) is 0.835. The lowest BCUT2D eigenvalue weighted by atomic mass is 10.0. The highest BCUT2D eigenvalue weighted by Gasteiger charge is 2.11. The van der Waals surface area contributed by atoms with Crippen LogP contribution in [0.3, 0.4) is 0 Å². The fourth-order valence-electron chi connectivity index (χ4n) is 2.77. The molecule has 0 saturated heterocycles. The van der Waals surface area contributed by atoms with Crippen molar-refractivity contribution in [1.29, 1.82) is 0 Å². The summed E-state index contributed by atoms with van der Waals surface area (Å²) in [7, 11) is 0. The van der Waals surface area contributed by atoms with Gasteiger partial charge in [-0.15, -0.1) is 0 Å². The monoisotopic (exact) mass is 285 g/mol. The summed E-state index contributed by atoms with van der Waals surface area (Å²) in [4.78, 5) is 0. The Morgan fingerprint density at radius 2 is 1.38 bits per heavy atom. The van der Waals surface area contributed by atoms with Gasteiger partial charge in [0.25, 0.3) is 0 Å². The highest BCUT2D eigenvalue weighted by atomic mass is 19.1. The highest BCUT2D eigenvalue weighted by Crippen LogP contribution is 2.12. The van der Waals surface area contributed by atoms with E-state index >= 15 is 0 Å². The van der Waals surface area contributed by atoms with Crippen LogP contribution in [-0.2, 0) is 12.8 Å². The maximum Gasteiger partial charge on any atom is 0.126 e. The average Bonchev–Trinajstić information content (AvgIpc) is 2.44. The van der Waals surface area contributed by atoms with Crippen LogP contribution < -0.4 is 5.32 Å². The van der Waals surface area contributed by atoms with Crippen molar-refractivity contribution in [2.45, 2.75) is 45.7 Å². The Morgan fingerprint density at radius 3 is 2.00 bits per heavy atom. The van der Waals surface area contributed by atoms with Crippen LogP contribution in [-0.4, -0.2) is 12.1 Å². The minimum Gasteiger partial charge on any atom is -0.311 e. The van der Waals surface area contributed by atoms with Gasteiger partial charge in [-0.25, -0.2) is 4.39 Å². The summed E-state index contributed by atoms with van der Waals surface area (Å²) < 4.78 is 13.7. The predicted octanol–water partition coefficient (Wildman–Crippen LogP) is 4.29. The van der Waals surface area contributed by atoms with Crippen molar-refractivity contribution >= 4 is 0 Å². The molecular formula is C19H24FN. The van der Waals surface area contributed by atoms with E-state index in [-0.39, 0.29) is 11.9 Å². The summed E-state index contributed by atoms with van der Waals surface area (Å²) in [5.74, 6) is -0.113. The van der Waals surface area contributed by atoms with Crippen LogP contribution in [0.4, 0.5) is 4.39 Å². The minimum absolute atomic E-state index is 0.113. The van der Waals surface area contributed by atoms with Crippen LogP contribution in [0.25, 0.3) is 0 Å². The van der Waals surface area contributed by atoms with E-state index in [4.69, 9.17) is 0 Å². The molecule has 2 atom stereocenters. The van der Waals surface area contributed by atoms with Gasteiger partial charge < -0.3 is 5.32 Å². The Kier molecular flexibility index (Phi) is 5.51. The van der Waals surface area contributed by atoms with Crippen molar-refractivity contribution in [3.63, 3.8) is 0 Å². The molecule has 0 heterocycles. The largest absolute Gasteiger partial charge is 0.311 e. The van der Waals surface area contributed by atoms with Gasteiger partial charge >= 0.3 is 0 Å². The van der Waals surface area contributed by atoms with E-state index < -0.39 is 0 Å². The highest BCUT2D eigenvalue weighted by molar-refractivity contribution is 5.26. The summed E-state index contributed by atoms with van der Waals surface area (Å²) in [5, 5.41) is 3.56. The molecule has 0 bridgehead atoms. The summed E-state index contributed by atoms with van der Waals surface area (Å²) in [6, 6.07) is 16.1. The smallest absolute Gasteiger partial charge is 0.126 e. The molecule has 0 aliphatic carbocycles. The summed E-state index contributed by atoms with van der Waals surface area (Å²) in [6.07, 6.45) is 1.71. The van der Waals surface area contributed by atoms with Gasteiger partial charge in [-0.2, -0.15) is 0 Å².